The maximum absolute atomic E-state index is 12.3. The summed E-state index contributed by atoms with van der Waals surface area (Å²) in [5, 5.41) is 0. The van der Waals surface area contributed by atoms with Gasteiger partial charge in [0.05, 0.1) is 0 Å². The van der Waals surface area contributed by atoms with Crippen molar-refractivity contribution < 1.29 is 4.79 Å². The highest BCUT2D eigenvalue weighted by Gasteiger charge is 2.27. The first-order valence-corrected chi connectivity index (χ1v) is 8.27. The SMILES string of the molecule is CN(CCC1CCCCN1C)C(=O)C[C@@H]1CCC[C@H]1N.Cl.Cl. The number of hydrogen-bond acceptors (Lipinski definition) is 3. The molecule has 6 heteroatoms. The maximum atomic E-state index is 12.3. The van der Waals surface area contributed by atoms with Crippen molar-refractivity contribution in [2.45, 2.75) is 63.5 Å². The van der Waals surface area contributed by atoms with Gasteiger partial charge in [0.15, 0.2) is 0 Å². The van der Waals surface area contributed by atoms with Crippen molar-refractivity contribution in [3.8, 4) is 0 Å². The molecule has 1 saturated carbocycles. The minimum atomic E-state index is 0. The lowest BCUT2D eigenvalue weighted by Gasteiger charge is -2.33. The van der Waals surface area contributed by atoms with E-state index < -0.39 is 0 Å². The summed E-state index contributed by atoms with van der Waals surface area (Å²) < 4.78 is 0. The Morgan fingerprint density at radius 2 is 1.91 bits per heavy atom. The number of piperidine rings is 1. The van der Waals surface area contributed by atoms with Crippen LogP contribution in [0.25, 0.3) is 0 Å². The molecule has 0 aromatic rings. The van der Waals surface area contributed by atoms with Gasteiger partial charge in [-0.15, -0.1) is 24.8 Å². The Morgan fingerprint density at radius 3 is 2.50 bits per heavy atom. The van der Waals surface area contributed by atoms with E-state index in [-0.39, 0.29) is 36.8 Å². The molecule has 2 rings (SSSR count). The molecule has 1 amide bonds. The van der Waals surface area contributed by atoms with Gasteiger partial charge in [-0.25, -0.2) is 0 Å². The number of carbonyl (C=O) groups excluding carboxylic acids is 1. The van der Waals surface area contributed by atoms with Crippen molar-refractivity contribution in [1.29, 1.82) is 0 Å². The number of halogens is 2. The largest absolute Gasteiger partial charge is 0.346 e. The van der Waals surface area contributed by atoms with Gasteiger partial charge >= 0.3 is 0 Å². The van der Waals surface area contributed by atoms with Crippen molar-refractivity contribution in [3.63, 3.8) is 0 Å². The normalized spacial score (nSPS) is 28.6. The third-order valence-corrected chi connectivity index (χ3v) is 5.30. The zero-order valence-corrected chi connectivity index (χ0v) is 15.6. The molecule has 1 heterocycles. The Kier molecular flexibility index (Phi) is 10.7. The van der Waals surface area contributed by atoms with Crippen LogP contribution < -0.4 is 5.73 Å². The van der Waals surface area contributed by atoms with Crippen molar-refractivity contribution in [3.05, 3.63) is 0 Å². The van der Waals surface area contributed by atoms with E-state index in [1.807, 2.05) is 11.9 Å². The molecule has 2 aliphatic rings. The van der Waals surface area contributed by atoms with Crippen LogP contribution in [0, 0.1) is 5.92 Å². The Hall–Kier alpha value is -0.0300. The van der Waals surface area contributed by atoms with Crippen LogP contribution in [0.4, 0.5) is 0 Å². The molecule has 0 aromatic carbocycles. The van der Waals surface area contributed by atoms with Gasteiger partial charge in [-0.2, -0.15) is 0 Å². The minimum absolute atomic E-state index is 0. The van der Waals surface area contributed by atoms with Gasteiger partial charge in [0.1, 0.15) is 0 Å². The average molecular weight is 354 g/mol. The summed E-state index contributed by atoms with van der Waals surface area (Å²) in [6, 6.07) is 0.907. The highest BCUT2D eigenvalue weighted by atomic mass is 35.5. The average Bonchev–Trinajstić information content (AvgIpc) is 2.83. The van der Waals surface area contributed by atoms with Gasteiger partial charge in [-0.05, 0) is 51.6 Å². The van der Waals surface area contributed by atoms with E-state index in [9.17, 15) is 4.79 Å². The fourth-order valence-electron chi connectivity index (χ4n) is 3.68. The van der Waals surface area contributed by atoms with E-state index in [2.05, 4.69) is 11.9 Å². The number of rotatable bonds is 5. The first-order chi connectivity index (χ1) is 9.58. The van der Waals surface area contributed by atoms with Crippen molar-refractivity contribution >= 4 is 30.7 Å². The topological polar surface area (TPSA) is 49.6 Å². The van der Waals surface area contributed by atoms with Crippen LogP contribution in [0.15, 0.2) is 0 Å². The second-order valence-corrected chi connectivity index (χ2v) is 6.79. The van der Waals surface area contributed by atoms with Crippen LogP contribution in [-0.4, -0.2) is 55.0 Å². The second kappa shape index (κ2) is 10.7. The van der Waals surface area contributed by atoms with E-state index in [4.69, 9.17) is 5.73 Å². The molecule has 2 N–H and O–H groups in total. The Labute approximate surface area is 148 Å². The van der Waals surface area contributed by atoms with Gasteiger partial charge in [0.25, 0.3) is 0 Å². The molecule has 1 saturated heterocycles. The fraction of sp³-hybridized carbons (Fsp3) is 0.938. The number of nitrogens with two attached hydrogens (primary N) is 1. The van der Waals surface area contributed by atoms with Crippen molar-refractivity contribution in [1.82, 2.24) is 9.80 Å². The summed E-state index contributed by atoms with van der Waals surface area (Å²) in [5.74, 6) is 0.702. The molecule has 1 aliphatic heterocycles. The third-order valence-electron chi connectivity index (χ3n) is 5.30. The summed E-state index contributed by atoms with van der Waals surface area (Å²) >= 11 is 0. The minimum Gasteiger partial charge on any atom is -0.346 e. The third kappa shape index (κ3) is 6.23. The summed E-state index contributed by atoms with van der Waals surface area (Å²) in [4.78, 5) is 16.6. The van der Waals surface area contributed by atoms with Crippen LogP contribution in [0.1, 0.15) is 51.4 Å². The molecular formula is C16H33Cl2N3O. The van der Waals surface area contributed by atoms with Crippen LogP contribution in [-0.2, 0) is 4.79 Å². The highest BCUT2D eigenvalue weighted by molar-refractivity contribution is 5.85. The Morgan fingerprint density at radius 1 is 1.18 bits per heavy atom. The van der Waals surface area contributed by atoms with E-state index in [1.54, 1.807) is 0 Å². The summed E-state index contributed by atoms with van der Waals surface area (Å²) in [6.07, 6.45) is 9.11. The Bertz CT molecular complexity index is 331. The number of carbonyl (C=O) groups is 1. The van der Waals surface area contributed by atoms with Gasteiger partial charge in [-0.3, -0.25) is 4.79 Å². The van der Waals surface area contributed by atoms with Gasteiger partial charge in [-0.1, -0.05) is 12.8 Å². The smallest absolute Gasteiger partial charge is 0.222 e. The van der Waals surface area contributed by atoms with Crippen LogP contribution >= 0.6 is 24.8 Å². The quantitative estimate of drug-likeness (QED) is 0.826. The Balaban J connectivity index is 0.00000220. The molecule has 3 atom stereocenters. The van der Waals surface area contributed by atoms with Crippen LogP contribution in [0.5, 0.6) is 0 Å². The van der Waals surface area contributed by atoms with Gasteiger partial charge in [0, 0.05) is 32.1 Å². The van der Waals surface area contributed by atoms with Gasteiger partial charge < -0.3 is 15.5 Å². The number of hydrogen-bond donors (Lipinski definition) is 1. The molecular weight excluding hydrogens is 321 g/mol. The molecule has 0 spiro atoms. The lowest BCUT2D eigenvalue weighted by Crippen LogP contribution is -2.40. The van der Waals surface area contributed by atoms with E-state index in [1.165, 1.54) is 32.2 Å². The molecule has 1 unspecified atom stereocenters. The molecule has 132 valence electrons. The van der Waals surface area contributed by atoms with Crippen LogP contribution in [0.2, 0.25) is 0 Å². The summed E-state index contributed by atoms with van der Waals surface area (Å²) in [7, 11) is 4.16. The number of nitrogens with zero attached hydrogens (tertiary/aromatic N) is 2. The zero-order chi connectivity index (χ0) is 14.5. The number of amides is 1. The predicted molar refractivity (Wildman–Crippen MR) is 97.0 cm³/mol. The zero-order valence-electron chi connectivity index (χ0n) is 14.0. The van der Waals surface area contributed by atoms with E-state index >= 15 is 0 Å². The standard InChI is InChI=1S/C16H31N3O.2ClH/c1-18-10-4-3-7-14(18)9-11-19(2)16(20)12-13-6-5-8-15(13)17;;/h13-15H,3-12,17H2,1-2H3;2*1H/t13-,14?,15+;;/m0../s1. The molecule has 0 bridgehead atoms. The van der Waals surface area contributed by atoms with E-state index in [0.29, 0.717) is 18.4 Å². The molecule has 2 fully saturated rings. The van der Waals surface area contributed by atoms with Crippen molar-refractivity contribution in [2.24, 2.45) is 11.7 Å². The van der Waals surface area contributed by atoms with Gasteiger partial charge in [0.2, 0.25) is 5.91 Å². The first-order valence-electron chi connectivity index (χ1n) is 8.27. The predicted octanol–water partition coefficient (Wildman–Crippen LogP) is 2.68. The van der Waals surface area contributed by atoms with Crippen LogP contribution in [0.3, 0.4) is 0 Å². The molecule has 1 aliphatic carbocycles. The second-order valence-electron chi connectivity index (χ2n) is 6.79. The van der Waals surface area contributed by atoms with Crippen molar-refractivity contribution in [2.75, 3.05) is 27.2 Å². The van der Waals surface area contributed by atoms with E-state index in [0.717, 1.165) is 25.8 Å². The summed E-state index contributed by atoms with van der Waals surface area (Å²) in [6.45, 7) is 2.09. The number of likely N-dealkylation sites (tertiary alicyclic amines) is 1. The lowest BCUT2D eigenvalue weighted by molar-refractivity contribution is -0.131. The molecule has 0 aromatic heterocycles. The first kappa shape index (κ1) is 22.0. The summed E-state index contributed by atoms with van der Waals surface area (Å²) in [5.41, 5.74) is 6.06. The molecule has 0 radical (unpaired) electrons. The molecule has 4 nitrogen and oxygen atoms in total. The molecule has 22 heavy (non-hydrogen) atoms. The highest BCUT2D eigenvalue weighted by Crippen LogP contribution is 2.27. The maximum Gasteiger partial charge on any atom is 0.222 e. The monoisotopic (exact) mass is 353 g/mol. The fourth-order valence-corrected chi connectivity index (χ4v) is 3.68. The lowest BCUT2D eigenvalue weighted by atomic mass is 9.98.